The van der Waals surface area contributed by atoms with Crippen molar-refractivity contribution in [3.8, 4) is 0 Å². The van der Waals surface area contributed by atoms with Gasteiger partial charge in [-0.2, -0.15) is 0 Å². The van der Waals surface area contributed by atoms with E-state index in [4.69, 9.17) is 4.74 Å². The lowest BCUT2D eigenvalue weighted by molar-refractivity contribution is 0.0527. The van der Waals surface area contributed by atoms with Crippen LogP contribution in [-0.2, 0) is 4.74 Å². The summed E-state index contributed by atoms with van der Waals surface area (Å²) in [7, 11) is 0. The number of carbonyl (C=O) groups excluding carboxylic acids is 2. The van der Waals surface area contributed by atoms with E-state index in [0.29, 0.717) is 22.7 Å². The molecule has 0 atom stereocenters. The van der Waals surface area contributed by atoms with Gasteiger partial charge in [0.1, 0.15) is 5.00 Å². The zero-order valence-electron chi connectivity index (χ0n) is 11.8. The molecule has 0 saturated carbocycles. The summed E-state index contributed by atoms with van der Waals surface area (Å²) in [6.07, 6.45) is 0. The Morgan fingerprint density at radius 3 is 2.67 bits per heavy atom. The van der Waals surface area contributed by atoms with Crippen LogP contribution in [-0.4, -0.2) is 18.5 Å². The Labute approximate surface area is 144 Å². The summed E-state index contributed by atoms with van der Waals surface area (Å²) >= 11 is 5.07. The van der Waals surface area contributed by atoms with Gasteiger partial charge in [-0.15, -0.1) is 22.7 Å². The number of carbonyl (C=O) groups is 2. The third kappa shape index (κ3) is 3.64. The summed E-state index contributed by atoms with van der Waals surface area (Å²) in [5, 5.41) is 5.17. The molecule has 2 aromatic heterocycles. The van der Waals surface area contributed by atoms with Gasteiger partial charge in [0.25, 0.3) is 5.91 Å². The molecule has 0 aromatic carbocycles. The molecule has 2 rings (SSSR count). The summed E-state index contributed by atoms with van der Waals surface area (Å²) < 4.78 is 6.11. The Hall–Kier alpha value is -0.930. The Bertz CT molecular complexity index is 690. The first kappa shape index (κ1) is 16.4. The molecule has 0 aliphatic rings. The van der Waals surface area contributed by atoms with Crippen molar-refractivity contribution < 1.29 is 14.3 Å². The SMILES string of the molecule is CCOC(=O)c1c(NC(=O)c2csc(I)c2)sc(C)c1C. The number of thiophene rings is 2. The van der Waals surface area contributed by atoms with E-state index in [0.717, 1.165) is 13.3 Å². The van der Waals surface area contributed by atoms with Gasteiger partial charge in [0.2, 0.25) is 0 Å². The molecule has 4 nitrogen and oxygen atoms in total. The van der Waals surface area contributed by atoms with Crippen LogP contribution >= 0.6 is 45.3 Å². The molecule has 0 spiro atoms. The van der Waals surface area contributed by atoms with Crippen molar-refractivity contribution in [2.45, 2.75) is 20.8 Å². The highest BCUT2D eigenvalue weighted by atomic mass is 127. The summed E-state index contributed by atoms with van der Waals surface area (Å²) in [4.78, 5) is 25.3. The van der Waals surface area contributed by atoms with Gasteiger partial charge in [-0.05, 0) is 55.0 Å². The lowest BCUT2D eigenvalue weighted by Gasteiger charge is -2.06. The van der Waals surface area contributed by atoms with Gasteiger partial charge in [0.15, 0.2) is 0 Å². The van der Waals surface area contributed by atoms with Crippen molar-refractivity contribution in [3.63, 3.8) is 0 Å². The Morgan fingerprint density at radius 2 is 2.10 bits per heavy atom. The van der Waals surface area contributed by atoms with Gasteiger partial charge in [-0.3, -0.25) is 4.79 Å². The number of anilines is 1. The van der Waals surface area contributed by atoms with Crippen LogP contribution in [0.25, 0.3) is 0 Å². The quantitative estimate of drug-likeness (QED) is 0.570. The topological polar surface area (TPSA) is 55.4 Å². The average molecular weight is 435 g/mol. The summed E-state index contributed by atoms with van der Waals surface area (Å²) in [5.74, 6) is -0.601. The predicted molar refractivity (Wildman–Crippen MR) is 94.7 cm³/mol. The van der Waals surface area contributed by atoms with Gasteiger partial charge in [-0.1, -0.05) is 0 Å². The van der Waals surface area contributed by atoms with Crippen LogP contribution in [0, 0.1) is 16.7 Å². The maximum Gasteiger partial charge on any atom is 0.341 e. The van der Waals surface area contributed by atoms with Gasteiger partial charge >= 0.3 is 5.97 Å². The highest BCUT2D eigenvalue weighted by Crippen LogP contribution is 2.33. The van der Waals surface area contributed by atoms with Crippen LogP contribution in [0.5, 0.6) is 0 Å². The summed E-state index contributed by atoms with van der Waals surface area (Å²) in [5.41, 5.74) is 1.91. The highest BCUT2D eigenvalue weighted by molar-refractivity contribution is 14.1. The van der Waals surface area contributed by atoms with E-state index in [9.17, 15) is 9.59 Å². The van der Waals surface area contributed by atoms with Crippen molar-refractivity contribution >= 4 is 62.1 Å². The maximum atomic E-state index is 12.2. The largest absolute Gasteiger partial charge is 0.462 e. The Balaban J connectivity index is 2.29. The fourth-order valence-corrected chi connectivity index (χ4v) is 4.14. The molecule has 2 aromatic rings. The molecule has 0 aliphatic heterocycles. The fourth-order valence-electron chi connectivity index (χ4n) is 1.77. The number of hydrogen-bond donors (Lipinski definition) is 1. The smallest absolute Gasteiger partial charge is 0.341 e. The number of nitrogens with one attached hydrogen (secondary N) is 1. The number of hydrogen-bond acceptors (Lipinski definition) is 5. The van der Waals surface area contributed by atoms with Crippen LogP contribution in [0.4, 0.5) is 5.00 Å². The Kier molecular flexibility index (Phi) is 5.39. The molecular weight excluding hydrogens is 421 g/mol. The minimum atomic E-state index is -0.394. The molecule has 0 saturated heterocycles. The first-order chi connectivity index (χ1) is 9.93. The van der Waals surface area contributed by atoms with Gasteiger partial charge in [0, 0.05) is 10.3 Å². The van der Waals surface area contributed by atoms with E-state index in [1.807, 2.05) is 19.9 Å². The van der Waals surface area contributed by atoms with Crippen LogP contribution in [0.15, 0.2) is 11.4 Å². The predicted octanol–water partition coefficient (Wildman–Crippen LogP) is 4.46. The van der Waals surface area contributed by atoms with Crippen molar-refractivity contribution in [1.29, 1.82) is 0 Å². The third-order valence-corrected chi connectivity index (χ3v) is 5.83. The molecule has 0 unspecified atom stereocenters. The molecule has 1 N–H and O–H groups in total. The standard InChI is InChI=1S/C14H14INO3S2/c1-4-19-14(18)11-7(2)8(3)21-13(11)16-12(17)9-5-10(15)20-6-9/h5-6H,4H2,1-3H3,(H,16,17). The first-order valence-electron chi connectivity index (χ1n) is 6.26. The van der Waals surface area contributed by atoms with Crippen LogP contribution in [0.1, 0.15) is 38.1 Å². The first-order valence-corrected chi connectivity index (χ1v) is 9.04. The maximum absolute atomic E-state index is 12.2. The lowest BCUT2D eigenvalue weighted by Crippen LogP contribution is -2.14. The van der Waals surface area contributed by atoms with E-state index in [1.165, 1.54) is 22.7 Å². The third-order valence-electron chi connectivity index (χ3n) is 2.92. The number of halogens is 1. The monoisotopic (exact) mass is 435 g/mol. The summed E-state index contributed by atoms with van der Waals surface area (Å²) in [6, 6.07) is 1.82. The minimum Gasteiger partial charge on any atom is -0.462 e. The van der Waals surface area contributed by atoms with Gasteiger partial charge in [0.05, 0.1) is 20.6 Å². The molecule has 0 aliphatic carbocycles. The molecule has 2 heterocycles. The van der Waals surface area contributed by atoms with E-state index in [1.54, 1.807) is 12.3 Å². The summed E-state index contributed by atoms with van der Waals surface area (Å²) in [6.45, 7) is 5.86. The molecule has 21 heavy (non-hydrogen) atoms. The van der Waals surface area contributed by atoms with E-state index < -0.39 is 5.97 Å². The molecule has 112 valence electrons. The van der Waals surface area contributed by atoms with Gasteiger partial charge in [-0.25, -0.2) is 4.79 Å². The lowest BCUT2D eigenvalue weighted by atomic mass is 10.1. The molecule has 7 heteroatoms. The highest BCUT2D eigenvalue weighted by Gasteiger charge is 2.22. The second kappa shape index (κ2) is 6.89. The van der Waals surface area contributed by atoms with Crippen LogP contribution < -0.4 is 5.32 Å². The number of amides is 1. The number of aryl methyl sites for hydroxylation is 1. The van der Waals surface area contributed by atoms with Crippen LogP contribution in [0.3, 0.4) is 0 Å². The van der Waals surface area contributed by atoms with Crippen molar-refractivity contribution in [3.05, 3.63) is 35.9 Å². The normalized spacial score (nSPS) is 10.5. The molecule has 1 amide bonds. The van der Waals surface area contributed by atoms with Crippen molar-refractivity contribution in [1.82, 2.24) is 0 Å². The Morgan fingerprint density at radius 1 is 1.38 bits per heavy atom. The molecular formula is C14H14INO3S2. The molecule has 0 fully saturated rings. The molecule has 0 radical (unpaired) electrons. The zero-order chi connectivity index (χ0) is 15.6. The zero-order valence-corrected chi connectivity index (χ0v) is 15.6. The number of rotatable bonds is 4. The second-order valence-electron chi connectivity index (χ2n) is 4.30. The average Bonchev–Trinajstić information content (AvgIpc) is 2.95. The van der Waals surface area contributed by atoms with E-state index >= 15 is 0 Å². The minimum absolute atomic E-state index is 0.207. The number of ether oxygens (including phenoxy) is 1. The van der Waals surface area contributed by atoms with Gasteiger partial charge < -0.3 is 10.1 Å². The number of esters is 1. The fraction of sp³-hybridized carbons (Fsp3) is 0.286. The van der Waals surface area contributed by atoms with E-state index in [2.05, 4.69) is 27.9 Å². The molecule has 0 bridgehead atoms. The van der Waals surface area contributed by atoms with E-state index in [-0.39, 0.29) is 5.91 Å². The van der Waals surface area contributed by atoms with Crippen LogP contribution in [0.2, 0.25) is 0 Å². The second-order valence-corrected chi connectivity index (χ2v) is 8.33. The van der Waals surface area contributed by atoms with Crippen molar-refractivity contribution in [2.24, 2.45) is 0 Å². The van der Waals surface area contributed by atoms with Crippen molar-refractivity contribution in [2.75, 3.05) is 11.9 Å².